The van der Waals surface area contributed by atoms with Crippen LogP contribution in [0.15, 0.2) is 59.7 Å². The van der Waals surface area contributed by atoms with E-state index in [2.05, 4.69) is 25.4 Å². The van der Waals surface area contributed by atoms with E-state index in [1.165, 1.54) is 12.4 Å². The lowest BCUT2D eigenvalue weighted by Gasteiger charge is -2.21. The molecule has 7 N–H and O–H groups in total. The van der Waals surface area contributed by atoms with Gasteiger partial charge >= 0.3 is 5.69 Å². The standard InChI is InChI=1S/C24H25FN8O3.C2H4O2/c1-2-14-12-17(19(25)18(13-14)36-11-10-34)20(30-16-6-4-15(5-7-16)21(26)27)22-31-24(35)33(32-22)23-28-8-3-9-29-23;1-2(3)4/h3-9,12-13,20,30,34H,2,10-11H2,1H3,(H3,26,27)(H,31,32,35);1H3,(H,3,4)/t20-;/m0./s1. The van der Waals surface area contributed by atoms with E-state index in [1.807, 2.05) is 6.92 Å². The van der Waals surface area contributed by atoms with Gasteiger partial charge in [-0.1, -0.05) is 13.0 Å². The number of nitrogens with one attached hydrogen (secondary N) is 3. The lowest BCUT2D eigenvalue weighted by molar-refractivity contribution is -0.134. The van der Waals surface area contributed by atoms with Gasteiger partial charge in [-0.2, -0.15) is 0 Å². The number of carboxylic acids is 1. The Balaban J connectivity index is 0.00000103. The average molecular weight is 553 g/mol. The number of carboxylic acid groups (broad SMARTS) is 1. The zero-order chi connectivity index (χ0) is 29.2. The van der Waals surface area contributed by atoms with Crippen molar-refractivity contribution in [3.8, 4) is 11.7 Å². The van der Waals surface area contributed by atoms with Crippen LogP contribution in [0.1, 0.15) is 42.4 Å². The number of aryl methyl sites for hydroxylation is 1. The van der Waals surface area contributed by atoms with Gasteiger partial charge in [0.15, 0.2) is 17.4 Å². The van der Waals surface area contributed by atoms with Gasteiger partial charge in [-0.05, 0) is 48.4 Å². The van der Waals surface area contributed by atoms with E-state index in [4.69, 9.17) is 30.9 Å². The Kier molecular flexibility index (Phi) is 10.0. The van der Waals surface area contributed by atoms with Gasteiger partial charge in [0.05, 0.1) is 6.61 Å². The van der Waals surface area contributed by atoms with E-state index in [0.717, 1.165) is 17.2 Å². The number of anilines is 1. The molecule has 0 fully saturated rings. The molecule has 0 aliphatic rings. The van der Waals surface area contributed by atoms with Crippen molar-refractivity contribution in [2.24, 2.45) is 5.73 Å². The van der Waals surface area contributed by atoms with Crippen molar-refractivity contribution in [1.29, 1.82) is 5.41 Å². The van der Waals surface area contributed by atoms with Crippen molar-refractivity contribution in [3.05, 3.63) is 93.7 Å². The highest BCUT2D eigenvalue weighted by Gasteiger charge is 2.26. The fourth-order valence-corrected chi connectivity index (χ4v) is 3.57. The number of H-pyrrole nitrogens is 1. The molecule has 0 aliphatic heterocycles. The molecular formula is C26H29FN8O5. The highest BCUT2D eigenvalue weighted by Crippen LogP contribution is 2.32. The van der Waals surface area contributed by atoms with Gasteiger partial charge in [-0.25, -0.2) is 19.2 Å². The van der Waals surface area contributed by atoms with E-state index in [1.54, 1.807) is 42.5 Å². The first-order valence-electron chi connectivity index (χ1n) is 12.1. The van der Waals surface area contributed by atoms with Crippen molar-refractivity contribution in [2.75, 3.05) is 18.5 Å². The van der Waals surface area contributed by atoms with Gasteiger partial charge in [0.25, 0.3) is 11.9 Å². The maximum absolute atomic E-state index is 15.7. The number of nitrogens with two attached hydrogens (primary N) is 1. The summed E-state index contributed by atoms with van der Waals surface area (Å²) in [6, 6.07) is 10.6. The normalized spacial score (nSPS) is 11.2. The fourth-order valence-electron chi connectivity index (χ4n) is 3.57. The molecule has 2 heterocycles. The minimum absolute atomic E-state index is 0.0229. The van der Waals surface area contributed by atoms with Gasteiger partial charge < -0.3 is 26.0 Å². The smallest absolute Gasteiger partial charge is 0.350 e. The first-order chi connectivity index (χ1) is 19.1. The molecule has 2 aromatic heterocycles. The van der Waals surface area contributed by atoms with E-state index in [0.29, 0.717) is 17.7 Å². The average Bonchev–Trinajstić information content (AvgIpc) is 3.33. The van der Waals surface area contributed by atoms with Crippen molar-refractivity contribution in [3.63, 3.8) is 0 Å². The first-order valence-corrected chi connectivity index (χ1v) is 12.1. The summed E-state index contributed by atoms with van der Waals surface area (Å²) in [5, 5.41) is 31.7. The second-order valence-electron chi connectivity index (χ2n) is 8.29. The van der Waals surface area contributed by atoms with Crippen LogP contribution in [0.25, 0.3) is 5.95 Å². The lowest BCUT2D eigenvalue weighted by atomic mass is 10.00. The number of amidine groups is 1. The molecule has 0 unspecified atom stereocenters. The molecule has 4 rings (SSSR count). The summed E-state index contributed by atoms with van der Waals surface area (Å²) in [6.45, 7) is 2.65. The summed E-state index contributed by atoms with van der Waals surface area (Å²) >= 11 is 0. The number of rotatable bonds is 10. The molecule has 0 bridgehead atoms. The lowest BCUT2D eigenvalue weighted by Crippen LogP contribution is -2.18. The van der Waals surface area contributed by atoms with Crippen molar-refractivity contribution < 1.29 is 24.1 Å². The number of aromatic nitrogens is 5. The number of halogens is 1. The number of aliphatic hydroxyl groups is 1. The second kappa shape index (κ2) is 13.6. The predicted octanol–water partition coefficient (Wildman–Crippen LogP) is 2.00. The summed E-state index contributed by atoms with van der Waals surface area (Å²) in [7, 11) is 0. The molecule has 0 amide bonds. The van der Waals surface area contributed by atoms with Gasteiger partial charge in [0.2, 0.25) is 0 Å². The quantitative estimate of drug-likeness (QED) is 0.125. The Labute approximate surface area is 228 Å². The van der Waals surface area contributed by atoms with Crippen LogP contribution in [0.4, 0.5) is 10.1 Å². The summed E-state index contributed by atoms with van der Waals surface area (Å²) in [4.78, 5) is 32.5. The Bertz CT molecular complexity index is 1500. The predicted molar refractivity (Wildman–Crippen MR) is 144 cm³/mol. The highest BCUT2D eigenvalue weighted by molar-refractivity contribution is 5.95. The fraction of sp³-hybridized carbons (Fsp3) is 0.231. The molecule has 0 spiro atoms. The summed E-state index contributed by atoms with van der Waals surface area (Å²) in [6.07, 6.45) is 3.54. The Morgan fingerprint density at radius 2 is 1.90 bits per heavy atom. The van der Waals surface area contributed by atoms with E-state index < -0.39 is 23.5 Å². The maximum Gasteiger partial charge on any atom is 0.350 e. The van der Waals surface area contributed by atoms with Crippen LogP contribution >= 0.6 is 0 Å². The third kappa shape index (κ3) is 7.48. The molecule has 13 nitrogen and oxygen atoms in total. The third-order valence-electron chi connectivity index (χ3n) is 5.35. The van der Waals surface area contributed by atoms with Gasteiger partial charge in [0, 0.05) is 36.1 Å². The molecule has 14 heteroatoms. The summed E-state index contributed by atoms with van der Waals surface area (Å²) in [5.41, 5.74) is 6.99. The Morgan fingerprint density at radius 1 is 1.25 bits per heavy atom. The van der Waals surface area contributed by atoms with Crippen molar-refractivity contribution >= 4 is 17.5 Å². The number of hydrogen-bond donors (Lipinski definition) is 6. The number of ether oxygens (including phenoxy) is 1. The zero-order valence-electron chi connectivity index (χ0n) is 21.8. The number of nitrogen functional groups attached to an aromatic ring is 1. The molecule has 40 heavy (non-hydrogen) atoms. The molecule has 4 aromatic rings. The molecular weight excluding hydrogens is 523 g/mol. The van der Waals surface area contributed by atoms with Gasteiger partial charge in [-0.15, -0.1) is 9.78 Å². The molecule has 0 saturated heterocycles. The van der Waals surface area contributed by atoms with Crippen LogP contribution < -0.4 is 21.5 Å². The minimum Gasteiger partial charge on any atom is -0.488 e. The van der Waals surface area contributed by atoms with Crippen LogP contribution in [-0.2, 0) is 11.2 Å². The minimum atomic E-state index is -0.950. The molecule has 0 aliphatic carbocycles. The molecule has 0 radical (unpaired) electrons. The molecule has 2 aromatic carbocycles. The number of nitrogens with zero attached hydrogens (tertiary/aromatic N) is 4. The maximum atomic E-state index is 15.7. The Morgan fingerprint density at radius 3 is 2.48 bits per heavy atom. The van der Waals surface area contributed by atoms with Crippen molar-refractivity contribution in [2.45, 2.75) is 26.3 Å². The van der Waals surface area contributed by atoms with Crippen LogP contribution in [0.5, 0.6) is 5.75 Å². The molecule has 0 saturated carbocycles. The van der Waals surface area contributed by atoms with E-state index >= 15 is 4.39 Å². The number of aromatic amines is 1. The summed E-state index contributed by atoms with van der Waals surface area (Å²) < 4.78 is 22.1. The molecule has 1 atom stereocenters. The van der Waals surface area contributed by atoms with Crippen LogP contribution in [0.2, 0.25) is 0 Å². The largest absolute Gasteiger partial charge is 0.488 e. The summed E-state index contributed by atoms with van der Waals surface area (Å²) in [5.74, 6) is -1.43. The topological polar surface area (TPSA) is 205 Å². The van der Waals surface area contributed by atoms with E-state index in [9.17, 15) is 4.79 Å². The Hall–Kier alpha value is -5.11. The monoisotopic (exact) mass is 552 g/mol. The number of benzene rings is 2. The van der Waals surface area contributed by atoms with Crippen molar-refractivity contribution in [1.82, 2.24) is 24.7 Å². The zero-order valence-corrected chi connectivity index (χ0v) is 21.8. The van der Waals surface area contributed by atoms with E-state index in [-0.39, 0.29) is 42.1 Å². The first kappa shape index (κ1) is 29.4. The SMILES string of the molecule is CC(=O)O.CCc1cc(OCCO)c(F)c([C@H](Nc2ccc(C(=N)N)cc2)c2nn(-c3ncccn3)c(=O)[nH]2)c1. The van der Waals surface area contributed by atoms with Gasteiger partial charge in [-0.3, -0.25) is 15.2 Å². The number of carbonyl (C=O) groups is 1. The van der Waals surface area contributed by atoms with Crippen LogP contribution in [0.3, 0.4) is 0 Å². The third-order valence-corrected chi connectivity index (χ3v) is 5.35. The van der Waals surface area contributed by atoms with Crippen LogP contribution in [0, 0.1) is 11.2 Å². The second-order valence-corrected chi connectivity index (χ2v) is 8.29. The van der Waals surface area contributed by atoms with Gasteiger partial charge in [0.1, 0.15) is 18.5 Å². The number of aliphatic hydroxyl groups excluding tert-OH is 1. The van der Waals surface area contributed by atoms with Crippen LogP contribution in [-0.4, -0.2) is 60.0 Å². The number of aliphatic carboxylic acids is 1. The highest BCUT2D eigenvalue weighted by atomic mass is 19.1. The molecule has 210 valence electrons. The number of hydrogen-bond acceptors (Lipinski definition) is 9.